The second kappa shape index (κ2) is 8.25. The van der Waals surface area contributed by atoms with E-state index in [1.165, 1.54) is 27.9 Å². The molecule has 0 aliphatic carbocycles. The van der Waals surface area contributed by atoms with Crippen molar-refractivity contribution in [2.75, 3.05) is 11.4 Å². The molecule has 1 amide bonds. The van der Waals surface area contributed by atoms with E-state index in [0.29, 0.717) is 5.69 Å². The summed E-state index contributed by atoms with van der Waals surface area (Å²) in [5.41, 5.74) is -0.432. The molecular weight excluding hydrogens is 373 g/mol. The largest absolute Gasteiger partial charge is 0.416 e. The number of halogens is 3. The van der Waals surface area contributed by atoms with E-state index in [9.17, 15) is 22.8 Å². The van der Waals surface area contributed by atoms with Gasteiger partial charge < -0.3 is 4.90 Å². The normalized spacial score (nSPS) is 16.0. The number of aromatic nitrogens is 2. The number of Topliss-reactive ketones (excluding diaryl/α,β-unsaturated/α-hetero) is 1. The second-order valence-corrected chi connectivity index (χ2v) is 5.92. The molecule has 148 valence electrons. The molecule has 0 N–H and O–H groups in total. The lowest BCUT2D eigenvalue weighted by Gasteiger charge is -2.32. The summed E-state index contributed by atoms with van der Waals surface area (Å²) in [5.74, 6) is -1.06. The molecule has 0 bridgehead atoms. The quantitative estimate of drug-likeness (QED) is 0.732. The molecule has 28 heavy (non-hydrogen) atoms. The summed E-state index contributed by atoms with van der Waals surface area (Å²) in [6.45, 7) is 5.98. The molecule has 6 nitrogen and oxygen atoms in total. The predicted molar refractivity (Wildman–Crippen MR) is 96.0 cm³/mol. The Morgan fingerprint density at radius 2 is 1.89 bits per heavy atom. The molecule has 1 aliphatic heterocycles. The first kappa shape index (κ1) is 21.2. The number of anilines is 1. The van der Waals surface area contributed by atoms with Gasteiger partial charge in [-0.05, 0) is 31.2 Å². The lowest BCUT2D eigenvalue weighted by molar-refractivity contribution is -0.137. The Balaban J connectivity index is 0.00000136. The van der Waals surface area contributed by atoms with Gasteiger partial charge >= 0.3 is 6.18 Å². The molecule has 3 rings (SSSR count). The Kier molecular flexibility index (Phi) is 6.23. The third kappa shape index (κ3) is 3.91. The molecule has 0 saturated heterocycles. The lowest BCUT2D eigenvalue weighted by atomic mass is 10.1. The van der Waals surface area contributed by atoms with E-state index < -0.39 is 23.4 Å². The van der Waals surface area contributed by atoms with Gasteiger partial charge in [0, 0.05) is 12.2 Å². The molecule has 0 radical (unpaired) electrons. The molecule has 2 heterocycles. The van der Waals surface area contributed by atoms with Crippen LogP contribution >= 0.6 is 0 Å². The average molecular weight is 392 g/mol. The number of carbonyl (C=O) groups excluding carboxylic acids is 2. The van der Waals surface area contributed by atoms with E-state index in [1.54, 1.807) is 13.0 Å². The summed E-state index contributed by atoms with van der Waals surface area (Å²) in [6, 6.07) is 5.69. The molecule has 1 aliphatic rings. The van der Waals surface area contributed by atoms with Crippen LogP contribution in [0.2, 0.25) is 0 Å². The number of fused-ring (bicyclic) bond motifs is 1. The van der Waals surface area contributed by atoms with Gasteiger partial charge in [0.15, 0.2) is 5.78 Å². The maximum Gasteiger partial charge on any atom is 0.416 e. The minimum absolute atomic E-state index is 0.0417. The van der Waals surface area contributed by atoms with Gasteiger partial charge in [-0.3, -0.25) is 14.3 Å². The number of alkyl halides is 3. The molecule has 0 saturated carbocycles. The van der Waals surface area contributed by atoms with Crippen LogP contribution in [0.25, 0.3) is 0 Å². The van der Waals surface area contributed by atoms with Crippen molar-refractivity contribution in [1.29, 1.82) is 5.26 Å². The summed E-state index contributed by atoms with van der Waals surface area (Å²) in [6.07, 6.45) is -3.60. The van der Waals surface area contributed by atoms with Crippen LogP contribution in [0, 0.1) is 11.3 Å². The molecular formula is C19H19F3N4O2. The highest BCUT2D eigenvalue weighted by Crippen LogP contribution is 2.32. The molecule has 1 aromatic heterocycles. The van der Waals surface area contributed by atoms with Gasteiger partial charge in [-0.1, -0.05) is 13.8 Å². The van der Waals surface area contributed by atoms with Crippen molar-refractivity contribution >= 4 is 17.4 Å². The summed E-state index contributed by atoms with van der Waals surface area (Å²) in [4.78, 5) is 26.2. The molecule has 1 unspecified atom stereocenters. The van der Waals surface area contributed by atoms with Crippen molar-refractivity contribution in [2.24, 2.45) is 0 Å². The van der Waals surface area contributed by atoms with Gasteiger partial charge in [0.2, 0.25) is 0 Å². The Bertz CT molecular complexity index is 911. The van der Waals surface area contributed by atoms with E-state index in [1.807, 2.05) is 13.8 Å². The van der Waals surface area contributed by atoms with Gasteiger partial charge in [-0.25, -0.2) is 0 Å². The predicted octanol–water partition coefficient (Wildman–Crippen LogP) is 4.25. The van der Waals surface area contributed by atoms with E-state index in [0.717, 1.165) is 12.1 Å². The van der Waals surface area contributed by atoms with Crippen LogP contribution in [0.15, 0.2) is 30.5 Å². The summed E-state index contributed by atoms with van der Waals surface area (Å²) in [7, 11) is 0. The van der Waals surface area contributed by atoms with Crippen molar-refractivity contribution in [3.05, 3.63) is 47.3 Å². The third-order valence-corrected chi connectivity index (χ3v) is 4.15. The highest BCUT2D eigenvalue weighted by Gasteiger charge is 2.36. The zero-order chi connectivity index (χ0) is 21.1. The molecule has 2 aromatic rings. The van der Waals surface area contributed by atoms with Crippen molar-refractivity contribution in [3.63, 3.8) is 0 Å². The van der Waals surface area contributed by atoms with E-state index in [4.69, 9.17) is 5.26 Å². The second-order valence-electron chi connectivity index (χ2n) is 5.92. The Hall–Kier alpha value is -3.15. The number of nitrogens with zero attached hydrogens (tertiary/aromatic N) is 4. The fraction of sp³-hybridized carbons (Fsp3) is 0.368. The highest BCUT2D eigenvalue weighted by molar-refractivity contribution is 6.13. The molecule has 9 heteroatoms. The maximum atomic E-state index is 12.8. The number of carbonyl (C=O) groups is 2. The van der Waals surface area contributed by atoms with Crippen molar-refractivity contribution in [1.82, 2.24) is 9.78 Å². The van der Waals surface area contributed by atoms with Crippen LogP contribution in [-0.4, -0.2) is 28.0 Å². The zero-order valence-corrected chi connectivity index (χ0v) is 15.6. The lowest BCUT2D eigenvalue weighted by Crippen LogP contribution is -2.43. The van der Waals surface area contributed by atoms with Crippen LogP contribution in [0.3, 0.4) is 0 Å². The minimum Gasteiger partial charge on any atom is -0.305 e. The highest BCUT2D eigenvalue weighted by atomic mass is 19.4. The summed E-state index contributed by atoms with van der Waals surface area (Å²) in [5, 5.41) is 12.8. The number of amides is 1. The monoisotopic (exact) mass is 392 g/mol. The van der Waals surface area contributed by atoms with Gasteiger partial charge in [-0.2, -0.15) is 23.5 Å². The first-order valence-corrected chi connectivity index (χ1v) is 8.70. The number of hydrogen-bond donors (Lipinski definition) is 0. The average Bonchev–Trinajstić information content (AvgIpc) is 3.12. The van der Waals surface area contributed by atoms with E-state index in [-0.39, 0.29) is 30.3 Å². The standard InChI is InChI=1S/C17H13F3N4O2.C2H6/c1-10-9-23(12-4-2-11(3-5-12)17(18,19)20)16(26)15-13(8-22-24(10)15)14(25)6-7-21;1-2/h2-5,8,10H,6,9H2,1H3;1-2H3. The van der Waals surface area contributed by atoms with Crippen LogP contribution in [0.1, 0.15) is 59.6 Å². The minimum atomic E-state index is -4.47. The van der Waals surface area contributed by atoms with Gasteiger partial charge in [0.1, 0.15) is 5.69 Å². The smallest absolute Gasteiger partial charge is 0.305 e. The van der Waals surface area contributed by atoms with Crippen molar-refractivity contribution in [2.45, 2.75) is 39.4 Å². The molecule has 0 fully saturated rings. The molecule has 1 aromatic carbocycles. The first-order valence-electron chi connectivity index (χ1n) is 8.70. The maximum absolute atomic E-state index is 12.8. The Morgan fingerprint density at radius 3 is 2.43 bits per heavy atom. The van der Waals surface area contributed by atoms with Crippen LogP contribution in [0.4, 0.5) is 18.9 Å². The number of hydrogen-bond acceptors (Lipinski definition) is 4. The SMILES string of the molecule is CC.CC1CN(c2ccc(C(F)(F)F)cc2)C(=O)c2c(C(=O)CC#N)cnn21. The Morgan fingerprint density at radius 1 is 1.29 bits per heavy atom. The number of benzene rings is 1. The molecule has 0 spiro atoms. The fourth-order valence-electron chi connectivity index (χ4n) is 2.89. The first-order chi connectivity index (χ1) is 13.2. The van der Waals surface area contributed by atoms with Crippen LogP contribution in [0.5, 0.6) is 0 Å². The summed E-state index contributed by atoms with van der Waals surface area (Å²) < 4.78 is 39.6. The fourth-order valence-corrected chi connectivity index (χ4v) is 2.89. The van der Waals surface area contributed by atoms with Crippen molar-refractivity contribution in [3.8, 4) is 6.07 Å². The van der Waals surface area contributed by atoms with E-state index in [2.05, 4.69) is 5.10 Å². The number of rotatable bonds is 3. The van der Waals surface area contributed by atoms with Crippen LogP contribution < -0.4 is 4.90 Å². The topological polar surface area (TPSA) is 79.0 Å². The zero-order valence-electron chi connectivity index (χ0n) is 15.6. The van der Waals surface area contributed by atoms with Crippen LogP contribution in [-0.2, 0) is 6.18 Å². The number of ketones is 1. The van der Waals surface area contributed by atoms with Crippen molar-refractivity contribution < 1.29 is 22.8 Å². The molecule has 1 atom stereocenters. The van der Waals surface area contributed by atoms with E-state index >= 15 is 0 Å². The van der Waals surface area contributed by atoms with Gasteiger partial charge in [0.05, 0.1) is 35.9 Å². The van der Waals surface area contributed by atoms with Gasteiger partial charge in [0.25, 0.3) is 5.91 Å². The summed E-state index contributed by atoms with van der Waals surface area (Å²) >= 11 is 0. The Labute approximate surface area is 160 Å². The third-order valence-electron chi connectivity index (χ3n) is 4.15. The van der Waals surface area contributed by atoms with Gasteiger partial charge in [-0.15, -0.1) is 0 Å². The number of nitriles is 1.